The monoisotopic (exact) mass is 351 g/mol. The number of aryl methyl sites for hydroxylation is 3. The summed E-state index contributed by atoms with van der Waals surface area (Å²) in [5.74, 6) is 0.719. The molecule has 1 aliphatic carbocycles. The van der Waals surface area contributed by atoms with Crippen molar-refractivity contribution in [3.63, 3.8) is 0 Å². The van der Waals surface area contributed by atoms with E-state index in [1.165, 1.54) is 36.0 Å². The van der Waals surface area contributed by atoms with Gasteiger partial charge in [-0.05, 0) is 74.3 Å². The number of fused-ring (bicyclic) bond motifs is 1. The Hall–Kier alpha value is -2.29. The summed E-state index contributed by atoms with van der Waals surface area (Å²) < 4.78 is 5.97. The first kappa shape index (κ1) is 18.5. The Labute approximate surface area is 156 Å². The molecule has 0 radical (unpaired) electrons. The second kappa shape index (κ2) is 8.39. The Kier molecular flexibility index (Phi) is 5.97. The summed E-state index contributed by atoms with van der Waals surface area (Å²) in [5, 5.41) is 3.13. The number of rotatable bonds is 6. The van der Waals surface area contributed by atoms with Crippen LogP contribution in [0.5, 0.6) is 5.75 Å². The molecule has 0 unspecified atom stereocenters. The van der Waals surface area contributed by atoms with E-state index in [1.807, 2.05) is 45.0 Å². The molecule has 0 aliphatic heterocycles. The highest BCUT2D eigenvalue weighted by Crippen LogP contribution is 2.25. The van der Waals surface area contributed by atoms with Gasteiger partial charge in [0.25, 0.3) is 5.91 Å². The van der Waals surface area contributed by atoms with E-state index in [0.29, 0.717) is 6.42 Å². The first-order chi connectivity index (χ1) is 12.6. The molecule has 0 aromatic heterocycles. The van der Waals surface area contributed by atoms with Gasteiger partial charge in [0, 0.05) is 0 Å². The van der Waals surface area contributed by atoms with Crippen LogP contribution < -0.4 is 10.1 Å². The van der Waals surface area contributed by atoms with Crippen molar-refractivity contribution in [3.8, 4) is 5.75 Å². The van der Waals surface area contributed by atoms with Crippen molar-refractivity contribution < 1.29 is 9.53 Å². The zero-order valence-corrected chi connectivity index (χ0v) is 16.0. The quantitative estimate of drug-likeness (QED) is 0.803. The maximum Gasteiger partial charge on any atom is 0.261 e. The van der Waals surface area contributed by atoms with Crippen LogP contribution in [0.1, 0.15) is 61.4 Å². The molecule has 26 heavy (non-hydrogen) atoms. The molecule has 1 N–H and O–H groups in total. The van der Waals surface area contributed by atoms with Gasteiger partial charge in [0.15, 0.2) is 6.10 Å². The third-order valence-electron chi connectivity index (χ3n) is 5.26. The maximum atomic E-state index is 12.7. The summed E-state index contributed by atoms with van der Waals surface area (Å²) in [4.78, 5) is 12.7. The predicted molar refractivity (Wildman–Crippen MR) is 106 cm³/mol. The molecule has 0 bridgehead atoms. The van der Waals surface area contributed by atoms with Gasteiger partial charge in [-0.3, -0.25) is 4.79 Å². The lowest BCUT2D eigenvalue weighted by molar-refractivity contribution is -0.128. The SMILES string of the molecule is CC[C@H](Oc1ccccc1C)C(=O)N[C@H](C)c1ccc2c(c1)CCCC2. The standard InChI is InChI=1S/C23H29NO2/c1-4-21(26-22-12-8-5-9-16(22)2)23(25)24-17(3)19-14-13-18-10-6-7-11-20(18)15-19/h5,8-9,12-15,17,21H,4,6-7,10-11H2,1-3H3,(H,24,25)/t17-,21+/m1/s1. The van der Waals surface area contributed by atoms with Crippen LogP contribution in [0.4, 0.5) is 0 Å². The largest absolute Gasteiger partial charge is 0.480 e. The molecule has 0 saturated carbocycles. The van der Waals surface area contributed by atoms with Gasteiger partial charge in [0.1, 0.15) is 5.75 Å². The number of hydrogen-bond donors (Lipinski definition) is 1. The smallest absolute Gasteiger partial charge is 0.261 e. The average molecular weight is 351 g/mol. The highest BCUT2D eigenvalue weighted by Gasteiger charge is 2.22. The van der Waals surface area contributed by atoms with E-state index < -0.39 is 6.10 Å². The zero-order chi connectivity index (χ0) is 18.5. The third kappa shape index (κ3) is 4.27. The van der Waals surface area contributed by atoms with Crippen molar-refractivity contribution >= 4 is 5.91 Å². The molecule has 0 saturated heterocycles. The van der Waals surface area contributed by atoms with E-state index >= 15 is 0 Å². The van der Waals surface area contributed by atoms with Crippen LogP contribution in [0.25, 0.3) is 0 Å². The summed E-state index contributed by atoms with van der Waals surface area (Å²) in [6.45, 7) is 6.02. The Morgan fingerprint density at radius 1 is 1.12 bits per heavy atom. The molecule has 3 heteroatoms. The van der Waals surface area contributed by atoms with Crippen LogP contribution in [0, 0.1) is 6.92 Å². The van der Waals surface area contributed by atoms with E-state index in [0.717, 1.165) is 17.7 Å². The zero-order valence-electron chi connectivity index (χ0n) is 16.0. The molecule has 2 atom stereocenters. The lowest BCUT2D eigenvalue weighted by Gasteiger charge is -2.23. The molecular formula is C23H29NO2. The number of ether oxygens (including phenoxy) is 1. The molecular weight excluding hydrogens is 322 g/mol. The predicted octanol–water partition coefficient (Wildman–Crippen LogP) is 4.91. The summed E-state index contributed by atoms with van der Waals surface area (Å²) in [5.41, 5.74) is 5.12. The lowest BCUT2D eigenvalue weighted by Crippen LogP contribution is -2.39. The van der Waals surface area contributed by atoms with E-state index in [4.69, 9.17) is 4.74 Å². The minimum Gasteiger partial charge on any atom is -0.480 e. The van der Waals surface area contributed by atoms with Crippen molar-refractivity contribution in [1.82, 2.24) is 5.32 Å². The van der Waals surface area contributed by atoms with Crippen molar-refractivity contribution in [3.05, 3.63) is 64.7 Å². The van der Waals surface area contributed by atoms with Crippen molar-refractivity contribution in [1.29, 1.82) is 0 Å². The molecule has 2 aromatic carbocycles. The highest BCUT2D eigenvalue weighted by molar-refractivity contribution is 5.81. The molecule has 0 spiro atoms. The van der Waals surface area contributed by atoms with Crippen LogP contribution in [-0.2, 0) is 17.6 Å². The van der Waals surface area contributed by atoms with Gasteiger partial charge in [-0.1, -0.05) is 43.3 Å². The van der Waals surface area contributed by atoms with E-state index in [1.54, 1.807) is 0 Å². The van der Waals surface area contributed by atoms with E-state index in [-0.39, 0.29) is 11.9 Å². The normalized spacial score (nSPS) is 15.7. The Balaban J connectivity index is 1.66. The number of amides is 1. The highest BCUT2D eigenvalue weighted by atomic mass is 16.5. The molecule has 0 heterocycles. The van der Waals surface area contributed by atoms with Gasteiger partial charge < -0.3 is 10.1 Å². The number of carbonyl (C=O) groups is 1. The van der Waals surface area contributed by atoms with Crippen LogP contribution in [0.2, 0.25) is 0 Å². The Morgan fingerprint density at radius 3 is 2.58 bits per heavy atom. The molecule has 138 valence electrons. The fourth-order valence-electron chi connectivity index (χ4n) is 3.58. The first-order valence-electron chi connectivity index (χ1n) is 9.73. The lowest BCUT2D eigenvalue weighted by atomic mass is 9.89. The molecule has 3 nitrogen and oxygen atoms in total. The number of benzene rings is 2. The average Bonchev–Trinajstić information content (AvgIpc) is 2.66. The molecule has 0 fully saturated rings. The minimum absolute atomic E-state index is 0.0238. The topological polar surface area (TPSA) is 38.3 Å². The molecule has 1 aliphatic rings. The summed E-state index contributed by atoms with van der Waals surface area (Å²) in [6.07, 6.45) is 5.04. The second-order valence-corrected chi connectivity index (χ2v) is 7.25. The van der Waals surface area contributed by atoms with Gasteiger partial charge in [-0.2, -0.15) is 0 Å². The fourth-order valence-corrected chi connectivity index (χ4v) is 3.58. The molecule has 2 aromatic rings. The van der Waals surface area contributed by atoms with Gasteiger partial charge in [-0.25, -0.2) is 0 Å². The van der Waals surface area contributed by atoms with Gasteiger partial charge in [-0.15, -0.1) is 0 Å². The number of hydrogen-bond acceptors (Lipinski definition) is 2. The Bertz CT molecular complexity index is 769. The van der Waals surface area contributed by atoms with Crippen molar-refractivity contribution in [2.45, 2.75) is 65.0 Å². The summed E-state index contributed by atoms with van der Waals surface area (Å²) >= 11 is 0. The summed E-state index contributed by atoms with van der Waals surface area (Å²) in [7, 11) is 0. The van der Waals surface area contributed by atoms with E-state index in [9.17, 15) is 4.79 Å². The van der Waals surface area contributed by atoms with Crippen LogP contribution in [-0.4, -0.2) is 12.0 Å². The van der Waals surface area contributed by atoms with Crippen molar-refractivity contribution in [2.75, 3.05) is 0 Å². The van der Waals surface area contributed by atoms with E-state index in [2.05, 4.69) is 23.5 Å². The maximum absolute atomic E-state index is 12.7. The molecule has 3 rings (SSSR count). The molecule has 1 amide bonds. The minimum atomic E-state index is -0.476. The van der Waals surface area contributed by atoms with Gasteiger partial charge >= 0.3 is 0 Å². The van der Waals surface area contributed by atoms with Crippen molar-refractivity contribution in [2.24, 2.45) is 0 Å². The van der Waals surface area contributed by atoms with Gasteiger partial charge in [0.05, 0.1) is 6.04 Å². The van der Waals surface area contributed by atoms with Crippen LogP contribution in [0.3, 0.4) is 0 Å². The number of nitrogens with one attached hydrogen (secondary N) is 1. The second-order valence-electron chi connectivity index (χ2n) is 7.25. The number of para-hydroxylation sites is 1. The summed E-state index contributed by atoms with van der Waals surface area (Å²) in [6, 6.07) is 14.4. The fraction of sp³-hybridized carbons (Fsp3) is 0.435. The number of carbonyl (C=O) groups excluding carboxylic acids is 1. The van der Waals surface area contributed by atoms with Crippen LogP contribution in [0.15, 0.2) is 42.5 Å². The Morgan fingerprint density at radius 2 is 1.85 bits per heavy atom. The van der Waals surface area contributed by atoms with Crippen LogP contribution >= 0.6 is 0 Å². The third-order valence-corrected chi connectivity index (χ3v) is 5.26. The first-order valence-corrected chi connectivity index (χ1v) is 9.73. The van der Waals surface area contributed by atoms with Gasteiger partial charge in [0.2, 0.25) is 0 Å².